The Balaban J connectivity index is 2.89. The van der Waals surface area contributed by atoms with E-state index in [1.165, 1.54) is 12.1 Å². The molecule has 0 aromatic heterocycles. The van der Waals surface area contributed by atoms with Gasteiger partial charge in [-0.1, -0.05) is 26.0 Å². The Kier molecular flexibility index (Phi) is 3.58. The average Bonchev–Trinajstić information content (AvgIpc) is 2.08. The van der Waals surface area contributed by atoms with Gasteiger partial charge in [0.15, 0.2) is 11.6 Å². The minimum atomic E-state index is -0.944. The summed E-state index contributed by atoms with van der Waals surface area (Å²) in [6, 6.07) is 3.85. The van der Waals surface area contributed by atoms with E-state index in [0.717, 1.165) is 6.07 Å². The van der Waals surface area contributed by atoms with Gasteiger partial charge in [0, 0.05) is 5.56 Å². The van der Waals surface area contributed by atoms with E-state index in [2.05, 4.69) is 0 Å². The third kappa shape index (κ3) is 2.51. The van der Waals surface area contributed by atoms with Gasteiger partial charge in [-0.05, 0) is 18.4 Å². The fraction of sp³-hybridized carbons (Fsp3) is 0.455. The molecular formula is C11H14F2O. The van der Waals surface area contributed by atoms with Gasteiger partial charge in [0.1, 0.15) is 0 Å². The zero-order chi connectivity index (χ0) is 10.7. The molecule has 1 aromatic rings. The minimum absolute atomic E-state index is 0.0405. The molecule has 78 valence electrons. The number of hydrogen-bond donors (Lipinski definition) is 1. The summed E-state index contributed by atoms with van der Waals surface area (Å²) in [5, 5.41) is 9.59. The van der Waals surface area contributed by atoms with E-state index in [0.29, 0.717) is 6.42 Å². The van der Waals surface area contributed by atoms with Gasteiger partial charge in [-0.3, -0.25) is 0 Å². The van der Waals surface area contributed by atoms with Crippen LogP contribution in [-0.2, 0) is 0 Å². The SMILES string of the molecule is CC(C)CC(O)c1cccc(F)c1F. The van der Waals surface area contributed by atoms with E-state index in [4.69, 9.17) is 0 Å². The van der Waals surface area contributed by atoms with Crippen molar-refractivity contribution in [2.75, 3.05) is 0 Å². The molecule has 0 radical (unpaired) electrons. The van der Waals surface area contributed by atoms with Gasteiger partial charge < -0.3 is 5.11 Å². The lowest BCUT2D eigenvalue weighted by molar-refractivity contribution is 0.145. The lowest BCUT2D eigenvalue weighted by atomic mass is 9.99. The van der Waals surface area contributed by atoms with Gasteiger partial charge in [0.05, 0.1) is 6.10 Å². The van der Waals surface area contributed by atoms with E-state index in [9.17, 15) is 13.9 Å². The standard InChI is InChI=1S/C11H14F2O/c1-7(2)6-10(14)8-4-3-5-9(12)11(8)13/h3-5,7,10,14H,6H2,1-2H3. The smallest absolute Gasteiger partial charge is 0.164 e. The Morgan fingerprint density at radius 2 is 1.93 bits per heavy atom. The number of aliphatic hydroxyl groups excluding tert-OH is 1. The summed E-state index contributed by atoms with van der Waals surface area (Å²) in [6.07, 6.45) is -0.494. The molecule has 0 heterocycles. The highest BCUT2D eigenvalue weighted by atomic mass is 19.2. The molecule has 0 aliphatic rings. The van der Waals surface area contributed by atoms with Crippen molar-refractivity contribution in [1.82, 2.24) is 0 Å². The van der Waals surface area contributed by atoms with Crippen molar-refractivity contribution in [3.8, 4) is 0 Å². The first-order valence-electron chi connectivity index (χ1n) is 4.64. The molecule has 1 N–H and O–H groups in total. The van der Waals surface area contributed by atoms with Gasteiger partial charge in [0.25, 0.3) is 0 Å². The summed E-state index contributed by atoms with van der Waals surface area (Å²) in [4.78, 5) is 0. The zero-order valence-electron chi connectivity index (χ0n) is 8.30. The topological polar surface area (TPSA) is 20.2 Å². The second-order valence-electron chi connectivity index (χ2n) is 3.79. The lowest BCUT2D eigenvalue weighted by Crippen LogP contribution is -2.05. The maximum atomic E-state index is 13.2. The van der Waals surface area contributed by atoms with Crippen LogP contribution in [0.2, 0.25) is 0 Å². The summed E-state index contributed by atoms with van der Waals surface area (Å²) < 4.78 is 26.0. The van der Waals surface area contributed by atoms with E-state index < -0.39 is 17.7 Å². The van der Waals surface area contributed by atoms with Crippen LogP contribution in [0.15, 0.2) is 18.2 Å². The summed E-state index contributed by atoms with van der Waals surface area (Å²) in [7, 11) is 0. The predicted octanol–water partition coefficient (Wildman–Crippen LogP) is 3.04. The molecule has 0 spiro atoms. The van der Waals surface area contributed by atoms with E-state index in [-0.39, 0.29) is 11.5 Å². The molecule has 1 rings (SSSR count). The highest BCUT2D eigenvalue weighted by Crippen LogP contribution is 2.24. The Bertz CT molecular complexity index is 310. The van der Waals surface area contributed by atoms with Gasteiger partial charge >= 0.3 is 0 Å². The van der Waals surface area contributed by atoms with Crippen LogP contribution in [-0.4, -0.2) is 5.11 Å². The lowest BCUT2D eigenvalue weighted by Gasteiger charge is -2.14. The quantitative estimate of drug-likeness (QED) is 0.795. The molecule has 0 amide bonds. The van der Waals surface area contributed by atoms with Crippen LogP contribution in [0.1, 0.15) is 31.9 Å². The first kappa shape index (κ1) is 11.1. The summed E-state index contributed by atoms with van der Waals surface area (Å²) in [6.45, 7) is 3.83. The van der Waals surface area contributed by atoms with E-state index in [1.54, 1.807) is 0 Å². The number of benzene rings is 1. The van der Waals surface area contributed by atoms with Crippen LogP contribution >= 0.6 is 0 Å². The average molecular weight is 200 g/mol. The molecule has 0 aliphatic carbocycles. The van der Waals surface area contributed by atoms with Gasteiger partial charge in [-0.2, -0.15) is 0 Å². The Morgan fingerprint density at radius 3 is 2.50 bits per heavy atom. The normalized spacial score (nSPS) is 13.3. The number of hydrogen-bond acceptors (Lipinski definition) is 1. The Labute approximate surface area is 82.4 Å². The molecule has 1 nitrogen and oxygen atoms in total. The molecule has 0 saturated heterocycles. The van der Waals surface area contributed by atoms with Gasteiger partial charge in [-0.15, -0.1) is 0 Å². The predicted molar refractivity (Wildman–Crippen MR) is 50.8 cm³/mol. The van der Waals surface area contributed by atoms with Crippen LogP contribution in [0.3, 0.4) is 0 Å². The molecule has 1 atom stereocenters. The first-order chi connectivity index (χ1) is 6.52. The van der Waals surface area contributed by atoms with Crippen molar-refractivity contribution < 1.29 is 13.9 Å². The molecule has 1 aromatic carbocycles. The minimum Gasteiger partial charge on any atom is -0.388 e. The Morgan fingerprint density at radius 1 is 1.29 bits per heavy atom. The van der Waals surface area contributed by atoms with Crippen molar-refractivity contribution >= 4 is 0 Å². The Hall–Kier alpha value is -0.960. The zero-order valence-corrected chi connectivity index (χ0v) is 8.30. The highest BCUT2D eigenvalue weighted by Gasteiger charge is 2.16. The van der Waals surface area contributed by atoms with E-state index in [1.807, 2.05) is 13.8 Å². The maximum absolute atomic E-state index is 13.2. The molecule has 0 bridgehead atoms. The van der Waals surface area contributed by atoms with Crippen molar-refractivity contribution in [3.05, 3.63) is 35.4 Å². The molecule has 0 fully saturated rings. The fourth-order valence-electron chi connectivity index (χ4n) is 1.35. The largest absolute Gasteiger partial charge is 0.388 e. The summed E-state index contributed by atoms with van der Waals surface area (Å²) in [5.41, 5.74) is 0.0405. The summed E-state index contributed by atoms with van der Waals surface area (Å²) >= 11 is 0. The second-order valence-corrected chi connectivity index (χ2v) is 3.79. The molecular weight excluding hydrogens is 186 g/mol. The molecule has 0 aliphatic heterocycles. The van der Waals surface area contributed by atoms with Crippen molar-refractivity contribution in [2.45, 2.75) is 26.4 Å². The monoisotopic (exact) mass is 200 g/mol. The van der Waals surface area contributed by atoms with Crippen molar-refractivity contribution in [3.63, 3.8) is 0 Å². The molecule has 1 unspecified atom stereocenters. The van der Waals surface area contributed by atoms with Crippen LogP contribution in [0.5, 0.6) is 0 Å². The number of halogens is 2. The molecule has 0 saturated carbocycles. The van der Waals surface area contributed by atoms with Gasteiger partial charge in [0.2, 0.25) is 0 Å². The van der Waals surface area contributed by atoms with Crippen LogP contribution in [0.4, 0.5) is 8.78 Å². The third-order valence-corrected chi connectivity index (χ3v) is 2.04. The van der Waals surface area contributed by atoms with Crippen LogP contribution < -0.4 is 0 Å². The maximum Gasteiger partial charge on any atom is 0.164 e. The van der Waals surface area contributed by atoms with Crippen molar-refractivity contribution in [2.24, 2.45) is 5.92 Å². The van der Waals surface area contributed by atoms with Crippen LogP contribution in [0.25, 0.3) is 0 Å². The van der Waals surface area contributed by atoms with Gasteiger partial charge in [-0.25, -0.2) is 8.78 Å². The fourth-order valence-corrected chi connectivity index (χ4v) is 1.35. The van der Waals surface area contributed by atoms with E-state index >= 15 is 0 Å². The third-order valence-electron chi connectivity index (χ3n) is 2.04. The highest BCUT2D eigenvalue weighted by molar-refractivity contribution is 5.21. The second kappa shape index (κ2) is 4.51. The number of rotatable bonds is 3. The number of aliphatic hydroxyl groups is 1. The van der Waals surface area contributed by atoms with Crippen molar-refractivity contribution in [1.29, 1.82) is 0 Å². The molecule has 14 heavy (non-hydrogen) atoms. The summed E-state index contributed by atoms with van der Waals surface area (Å²) in [5.74, 6) is -1.61. The first-order valence-corrected chi connectivity index (χ1v) is 4.64. The molecule has 3 heteroatoms. The van der Waals surface area contributed by atoms with Crippen LogP contribution in [0, 0.1) is 17.6 Å².